The van der Waals surface area contributed by atoms with E-state index >= 15 is 0 Å². The van der Waals surface area contributed by atoms with Crippen LogP contribution in [0.15, 0.2) is 24.3 Å². The van der Waals surface area contributed by atoms with Crippen LogP contribution in [0.3, 0.4) is 0 Å². The Bertz CT molecular complexity index is 457. The predicted octanol–water partition coefficient (Wildman–Crippen LogP) is 4.34. The third-order valence-electron chi connectivity index (χ3n) is 5.57. The van der Waals surface area contributed by atoms with Gasteiger partial charge in [-0.3, -0.25) is 4.79 Å². The average Bonchev–Trinajstić information content (AvgIpc) is 3.17. The highest BCUT2D eigenvalue weighted by molar-refractivity contribution is 5.66. The number of aliphatic hydroxyl groups excluding tert-OH is 1. The van der Waals surface area contributed by atoms with Crippen LogP contribution in [0.25, 0.3) is 0 Å². The standard InChI is InChI=1S/C21H34O4/c1-2-3-6-9-17(22)12-13-18-16-14-20(25-15-16)19(18)10-7-4-5-8-11-21(23)24/h4,7,12-13,16-20,22H,2-3,5-6,8-11,14-15H2,1H3,(H,23,24)/b7-4+,13-12-/t16-,17-,18-,19+,20-/m0/s1. The van der Waals surface area contributed by atoms with Gasteiger partial charge >= 0.3 is 5.97 Å². The third-order valence-corrected chi connectivity index (χ3v) is 5.57. The number of aliphatic carboxylic acids is 1. The molecule has 2 fully saturated rings. The Morgan fingerprint density at radius 1 is 1.28 bits per heavy atom. The maximum atomic E-state index is 10.5. The van der Waals surface area contributed by atoms with Gasteiger partial charge in [-0.2, -0.15) is 0 Å². The van der Waals surface area contributed by atoms with Crippen LogP contribution in [0.5, 0.6) is 0 Å². The summed E-state index contributed by atoms with van der Waals surface area (Å²) in [5, 5.41) is 18.8. The highest BCUT2D eigenvalue weighted by Gasteiger charge is 2.46. The van der Waals surface area contributed by atoms with Crippen molar-refractivity contribution in [2.75, 3.05) is 6.61 Å². The molecule has 0 aromatic heterocycles. The molecule has 0 radical (unpaired) electrons. The minimum atomic E-state index is -0.724. The summed E-state index contributed by atoms with van der Waals surface area (Å²) < 4.78 is 5.88. The van der Waals surface area contributed by atoms with Gasteiger partial charge in [0.05, 0.1) is 18.8 Å². The molecule has 0 spiro atoms. The van der Waals surface area contributed by atoms with Gasteiger partial charge in [0.25, 0.3) is 0 Å². The van der Waals surface area contributed by atoms with Gasteiger partial charge in [-0.25, -0.2) is 0 Å². The molecule has 4 nitrogen and oxygen atoms in total. The zero-order chi connectivity index (χ0) is 18.1. The van der Waals surface area contributed by atoms with Crippen LogP contribution >= 0.6 is 0 Å². The Labute approximate surface area is 152 Å². The number of unbranched alkanes of at least 4 members (excludes halogenated alkanes) is 3. The van der Waals surface area contributed by atoms with Gasteiger partial charge in [-0.1, -0.05) is 50.5 Å². The van der Waals surface area contributed by atoms with Gasteiger partial charge in [0.1, 0.15) is 0 Å². The second-order valence-electron chi connectivity index (χ2n) is 7.55. The molecule has 2 bridgehead atoms. The fourth-order valence-electron chi connectivity index (χ4n) is 4.15. The highest BCUT2D eigenvalue weighted by Crippen LogP contribution is 2.47. The van der Waals surface area contributed by atoms with Gasteiger partial charge in [0.15, 0.2) is 0 Å². The molecular formula is C21H34O4. The number of rotatable bonds is 12. The molecule has 1 heterocycles. The lowest BCUT2D eigenvalue weighted by Crippen LogP contribution is -2.27. The predicted molar refractivity (Wildman–Crippen MR) is 99.4 cm³/mol. The number of carboxylic acid groups (broad SMARTS) is 1. The number of aliphatic hydroxyl groups is 1. The van der Waals surface area contributed by atoms with Crippen LogP contribution in [-0.4, -0.2) is 35.0 Å². The molecule has 2 N–H and O–H groups in total. The fraction of sp³-hybridized carbons (Fsp3) is 0.762. The van der Waals surface area contributed by atoms with Crippen molar-refractivity contribution < 1.29 is 19.7 Å². The van der Waals surface area contributed by atoms with Gasteiger partial charge in [0.2, 0.25) is 0 Å². The Balaban J connectivity index is 1.78. The molecule has 0 aromatic carbocycles. The van der Waals surface area contributed by atoms with Crippen molar-refractivity contribution in [3.8, 4) is 0 Å². The van der Waals surface area contributed by atoms with Crippen LogP contribution in [0.4, 0.5) is 0 Å². The molecule has 1 aliphatic heterocycles. The largest absolute Gasteiger partial charge is 0.481 e. The normalized spacial score (nSPS) is 29.8. The Morgan fingerprint density at radius 3 is 2.88 bits per heavy atom. The van der Waals surface area contributed by atoms with Crippen molar-refractivity contribution >= 4 is 5.97 Å². The third kappa shape index (κ3) is 6.59. The molecule has 0 unspecified atom stereocenters. The minimum absolute atomic E-state index is 0.239. The summed E-state index contributed by atoms with van der Waals surface area (Å²) in [6.45, 7) is 3.03. The van der Waals surface area contributed by atoms with E-state index in [0.717, 1.165) is 38.7 Å². The summed E-state index contributed by atoms with van der Waals surface area (Å²) in [4.78, 5) is 10.5. The highest BCUT2D eigenvalue weighted by atomic mass is 16.5. The molecule has 2 aliphatic rings. The lowest BCUT2D eigenvalue weighted by Gasteiger charge is -2.28. The summed E-state index contributed by atoms with van der Waals surface area (Å²) in [6.07, 6.45) is 16.8. The van der Waals surface area contributed by atoms with Gasteiger partial charge in [-0.05, 0) is 49.9 Å². The first-order chi connectivity index (χ1) is 12.1. The lowest BCUT2D eigenvalue weighted by molar-refractivity contribution is -0.137. The molecule has 142 valence electrons. The zero-order valence-electron chi connectivity index (χ0n) is 15.5. The molecule has 2 rings (SSSR count). The van der Waals surface area contributed by atoms with Crippen molar-refractivity contribution in [2.45, 2.75) is 76.9 Å². The van der Waals surface area contributed by atoms with E-state index in [-0.39, 0.29) is 12.5 Å². The van der Waals surface area contributed by atoms with E-state index in [1.165, 1.54) is 12.8 Å². The van der Waals surface area contributed by atoms with E-state index < -0.39 is 5.97 Å². The SMILES string of the molecule is CCCCC[C@H](O)/C=C\[C@H]1[C@@H]2CO[C@@H](C2)[C@@H]1C/C=C/CCCC(=O)O. The first kappa shape index (κ1) is 20.2. The van der Waals surface area contributed by atoms with Crippen molar-refractivity contribution in [3.63, 3.8) is 0 Å². The molecule has 1 saturated heterocycles. The monoisotopic (exact) mass is 350 g/mol. The topological polar surface area (TPSA) is 66.8 Å². The number of hydrogen-bond donors (Lipinski definition) is 2. The van der Waals surface area contributed by atoms with E-state index in [2.05, 4.69) is 25.2 Å². The van der Waals surface area contributed by atoms with Crippen LogP contribution < -0.4 is 0 Å². The van der Waals surface area contributed by atoms with Crippen molar-refractivity contribution in [2.24, 2.45) is 17.8 Å². The summed E-state index contributed by atoms with van der Waals surface area (Å²) in [7, 11) is 0. The summed E-state index contributed by atoms with van der Waals surface area (Å²) in [6, 6.07) is 0. The molecule has 5 atom stereocenters. The Hall–Kier alpha value is -1.13. The van der Waals surface area contributed by atoms with Crippen molar-refractivity contribution in [1.82, 2.24) is 0 Å². The number of hydrogen-bond acceptors (Lipinski definition) is 3. The Morgan fingerprint density at radius 2 is 2.12 bits per heavy atom. The fourth-order valence-corrected chi connectivity index (χ4v) is 4.15. The quantitative estimate of drug-likeness (QED) is 0.406. The van der Waals surface area contributed by atoms with Gasteiger partial charge in [0, 0.05) is 6.42 Å². The summed E-state index contributed by atoms with van der Waals surface area (Å²) in [5.74, 6) is 0.865. The molecule has 0 aromatic rings. The number of allylic oxidation sites excluding steroid dienone is 3. The molecule has 4 heteroatoms. The number of ether oxygens (including phenoxy) is 1. The average molecular weight is 350 g/mol. The van der Waals surface area contributed by atoms with Crippen LogP contribution in [-0.2, 0) is 9.53 Å². The van der Waals surface area contributed by atoms with Crippen LogP contribution in [0.2, 0.25) is 0 Å². The van der Waals surface area contributed by atoms with Crippen LogP contribution in [0, 0.1) is 17.8 Å². The maximum Gasteiger partial charge on any atom is 0.303 e. The lowest BCUT2D eigenvalue weighted by atomic mass is 9.85. The number of fused-ring (bicyclic) bond motifs is 2. The summed E-state index contributed by atoms with van der Waals surface area (Å²) in [5.41, 5.74) is 0. The van der Waals surface area contributed by atoms with Gasteiger partial charge < -0.3 is 14.9 Å². The van der Waals surface area contributed by atoms with Crippen molar-refractivity contribution in [1.29, 1.82) is 0 Å². The maximum absolute atomic E-state index is 10.5. The van der Waals surface area contributed by atoms with E-state index in [1.54, 1.807) is 0 Å². The zero-order valence-corrected chi connectivity index (χ0v) is 15.5. The molecule has 1 aliphatic carbocycles. The number of carbonyl (C=O) groups is 1. The molecule has 0 amide bonds. The number of carboxylic acids is 1. The minimum Gasteiger partial charge on any atom is -0.481 e. The van der Waals surface area contributed by atoms with E-state index in [1.807, 2.05) is 6.08 Å². The van der Waals surface area contributed by atoms with E-state index in [9.17, 15) is 9.90 Å². The first-order valence-corrected chi connectivity index (χ1v) is 9.96. The smallest absolute Gasteiger partial charge is 0.303 e. The van der Waals surface area contributed by atoms with Gasteiger partial charge in [-0.15, -0.1) is 0 Å². The summed E-state index contributed by atoms with van der Waals surface area (Å²) >= 11 is 0. The second-order valence-corrected chi connectivity index (χ2v) is 7.55. The first-order valence-electron chi connectivity index (χ1n) is 9.96. The second kappa shape index (κ2) is 10.8. The molecule has 1 saturated carbocycles. The van der Waals surface area contributed by atoms with E-state index in [0.29, 0.717) is 30.3 Å². The Kier molecular flexibility index (Phi) is 8.70. The van der Waals surface area contributed by atoms with E-state index in [4.69, 9.17) is 9.84 Å². The van der Waals surface area contributed by atoms with Crippen LogP contribution in [0.1, 0.15) is 64.7 Å². The van der Waals surface area contributed by atoms with Crippen molar-refractivity contribution in [3.05, 3.63) is 24.3 Å². The molecular weight excluding hydrogens is 316 g/mol. The molecule has 25 heavy (non-hydrogen) atoms.